The number of aromatic nitrogens is 2. The number of methoxy groups -OCH3 is 1. The smallest absolute Gasteiger partial charge is 0.271 e. The number of rotatable bonds is 6. The minimum absolute atomic E-state index is 0.262. The van der Waals surface area contributed by atoms with E-state index in [0.29, 0.717) is 19.0 Å². The average molecular weight is 286 g/mol. The second kappa shape index (κ2) is 7.35. The third-order valence-corrected chi connectivity index (χ3v) is 2.78. The summed E-state index contributed by atoms with van der Waals surface area (Å²) in [6.07, 6.45) is 0. The maximum atomic E-state index is 11.7. The van der Waals surface area contributed by atoms with Crippen LogP contribution in [0.15, 0.2) is 36.4 Å². The van der Waals surface area contributed by atoms with E-state index in [9.17, 15) is 4.79 Å². The summed E-state index contributed by atoms with van der Waals surface area (Å²) in [5.74, 6) is 0.329. The van der Waals surface area contributed by atoms with E-state index in [0.717, 1.165) is 11.3 Å². The molecule has 0 aliphatic rings. The van der Waals surface area contributed by atoms with Crippen molar-refractivity contribution < 1.29 is 9.53 Å². The van der Waals surface area contributed by atoms with Gasteiger partial charge in [-0.25, -0.2) is 0 Å². The Kier molecular flexibility index (Phi) is 5.22. The summed E-state index contributed by atoms with van der Waals surface area (Å²) in [7, 11) is 1.58. The lowest BCUT2D eigenvalue weighted by atomic mass is 10.2. The van der Waals surface area contributed by atoms with Crippen LogP contribution in [0.1, 0.15) is 16.1 Å². The summed E-state index contributed by atoms with van der Waals surface area (Å²) in [4.78, 5) is 11.7. The van der Waals surface area contributed by atoms with Crippen LogP contribution in [0.25, 0.3) is 0 Å². The van der Waals surface area contributed by atoms with Crippen LogP contribution in [0, 0.1) is 6.92 Å². The van der Waals surface area contributed by atoms with Crippen LogP contribution < -0.4 is 10.6 Å². The highest BCUT2D eigenvalue weighted by Gasteiger charge is 2.07. The van der Waals surface area contributed by atoms with Crippen molar-refractivity contribution in [2.75, 3.05) is 25.6 Å². The maximum Gasteiger partial charge on any atom is 0.271 e. The maximum absolute atomic E-state index is 11.7. The highest BCUT2D eigenvalue weighted by Crippen LogP contribution is 2.14. The van der Waals surface area contributed by atoms with E-state index in [4.69, 9.17) is 4.74 Å². The third kappa shape index (κ3) is 4.54. The lowest BCUT2D eigenvalue weighted by Gasteiger charge is -2.07. The molecule has 1 aromatic heterocycles. The molecule has 0 bridgehead atoms. The lowest BCUT2D eigenvalue weighted by molar-refractivity contribution is 0.0931. The van der Waals surface area contributed by atoms with Gasteiger partial charge in [0.1, 0.15) is 0 Å². The van der Waals surface area contributed by atoms with Crippen LogP contribution in [-0.2, 0) is 4.74 Å². The van der Waals surface area contributed by atoms with Crippen LogP contribution >= 0.6 is 0 Å². The zero-order valence-corrected chi connectivity index (χ0v) is 12.1. The van der Waals surface area contributed by atoms with Gasteiger partial charge in [0.15, 0.2) is 11.5 Å². The second-order valence-corrected chi connectivity index (χ2v) is 4.55. The number of nitrogens with zero attached hydrogens (tertiary/aromatic N) is 2. The fourth-order valence-corrected chi connectivity index (χ4v) is 1.75. The van der Waals surface area contributed by atoms with E-state index in [-0.39, 0.29) is 11.6 Å². The van der Waals surface area contributed by atoms with Crippen molar-refractivity contribution in [3.63, 3.8) is 0 Å². The Morgan fingerprint density at radius 1 is 1.24 bits per heavy atom. The Morgan fingerprint density at radius 3 is 2.76 bits per heavy atom. The van der Waals surface area contributed by atoms with Crippen molar-refractivity contribution in [2.24, 2.45) is 0 Å². The number of ether oxygens (including phenoxy) is 1. The molecule has 6 heteroatoms. The molecule has 0 aliphatic carbocycles. The number of hydrogen-bond donors (Lipinski definition) is 2. The molecular weight excluding hydrogens is 268 g/mol. The van der Waals surface area contributed by atoms with Crippen molar-refractivity contribution in [1.82, 2.24) is 15.5 Å². The molecular formula is C15H18N4O2. The molecule has 1 heterocycles. The Hall–Kier alpha value is -2.47. The van der Waals surface area contributed by atoms with Gasteiger partial charge in [-0.2, -0.15) is 0 Å². The van der Waals surface area contributed by atoms with Gasteiger partial charge >= 0.3 is 0 Å². The standard InChI is InChI=1S/C15H18N4O2/c1-11-4-3-5-12(10-11)17-14-7-6-13(18-19-14)15(20)16-8-9-21-2/h3-7,10H,8-9H2,1-2H3,(H,16,20)(H,17,19). The van der Waals surface area contributed by atoms with Crippen molar-refractivity contribution in [3.8, 4) is 0 Å². The molecule has 0 saturated carbocycles. The van der Waals surface area contributed by atoms with Crippen LogP contribution in [0.3, 0.4) is 0 Å². The number of carbonyl (C=O) groups is 1. The molecule has 0 aliphatic heterocycles. The summed E-state index contributed by atoms with van der Waals surface area (Å²) in [6.45, 7) is 2.93. The predicted octanol–water partition coefficient (Wildman–Crippen LogP) is 1.90. The van der Waals surface area contributed by atoms with Gasteiger partial charge in [-0.05, 0) is 36.8 Å². The third-order valence-electron chi connectivity index (χ3n) is 2.78. The quantitative estimate of drug-likeness (QED) is 0.793. The highest BCUT2D eigenvalue weighted by molar-refractivity contribution is 5.92. The Balaban J connectivity index is 1.97. The van der Waals surface area contributed by atoms with Crippen LogP contribution in [0.2, 0.25) is 0 Å². The molecule has 6 nitrogen and oxygen atoms in total. The van der Waals surface area contributed by atoms with Gasteiger partial charge in [-0.3, -0.25) is 4.79 Å². The molecule has 1 aromatic carbocycles. The highest BCUT2D eigenvalue weighted by atomic mass is 16.5. The Labute approximate surface area is 123 Å². The molecule has 0 saturated heterocycles. The fourth-order valence-electron chi connectivity index (χ4n) is 1.75. The molecule has 21 heavy (non-hydrogen) atoms. The van der Waals surface area contributed by atoms with E-state index < -0.39 is 0 Å². The van der Waals surface area contributed by atoms with Crippen molar-refractivity contribution in [2.45, 2.75) is 6.92 Å². The fraction of sp³-hybridized carbons (Fsp3) is 0.267. The molecule has 2 N–H and O–H groups in total. The number of aryl methyl sites for hydroxylation is 1. The van der Waals surface area contributed by atoms with Crippen molar-refractivity contribution in [1.29, 1.82) is 0 Å². The van der Waals surface area contributed by atoms with Gasteiger partial charge in [0, 0.05) is 19.3 Å². The van der Waals surface area contributed by atoms with Gasteiger partial charge in [0.05, 0.1) is 6.61 Å². The van der Waals surface area contributed by atoms with Gasteiger partial charge in [0.25, 0.3) is 5.91 Å². The molecule has 2 rings (SSSR count). The molecule has 2 aromatic rings. The summed E-state index contributed by atoms with van der Waals surface area (Å²) in [5, 5.41) is 13.7. The second-order valence-electron chi connectivity index (χ2n) is 4.55. The topological polar surface area (TPSA) is 76.1 Å². The Morgan fingerprint density at radius 2 is 2.10 bits per heavy atom. The van der Waals surface area contributed by atoms with Crippen LogP contribution in [0.4, 0.5) is 11.5 Å². The van der Waals surface area contributed by atoms with Gasteiger partial charge < -0.3 is 15.4 Å². The SMILES string of the molecule is COCCNC(=O)c1ccc(Nc2cccc(C)c2)nn1. The van der Waals surface area contributed by atoms with Gasteiger partial charge in [0.2, 0.25) is 0 Å². The molecule has 0 atom stereocenters. The van der Waals surface area contributed by atoms with E-state index in [1.165, 1.54) is 0 Å². The summed E-state index contributed by atoms with van der Waals surface area (Å²) in [5.41, 5.74) is 2.37. The number of amides is 1. The minimum Gasteiger partial charge on any atom is -0.383 e. The number of anilines is 2. The van der Waals surface area contributed by atoms with Crippen molar-refractivity contribution >= 4 is 17.4 Å². The molecule has 0 fully saturated rings. The number of nitrogens with one attached hydrogen (secondary N) is 2. The van der Waals surface area contributed by atoms with Crippen LogP contribution in [0.5, 0.6) is 0 Å². The molecule has 0 unspecified atom stereocenters. The predicted molar refractivity (Wildman–Crippen MR) is 80.7 cm³/mol. The monoisotopic (exact) mass is 286 g/mol. The van der Waals surface area contributed by atoms with Gasteiger partial charge in [-0.1, -0.05) is 12.1 Å². The number of carbonyl (C=O) groups excluding carboxylic acids is 1. The number of benzene rings is 1. The van der Waals surface area contributed by atoms with E-state index in [2.05, 4.69) is 20.8 Å². The average Bonchev–Trinajstić information content (AvgIpc) is 2.48. The summed E-state index contributed by atoms with van der Waals surface area (Å²) in [6, 6.07) is 11.3. The summed E-state index contributed by atoms with van der Waals surface area (Å²) < 4.78 is 4.86. The van der Waals surface area contributed by atoms with Crippen molar-refractivity contribution in [3.05, 3.63) is 47.7 Å². The zero-order chi connectivity index (χ0) is 15.1. The molecule has 1 amide bonds. The Bertz CT molecular complexity index is 599. The van der Waals surface area contributed by atoms with Crippen LogP contribution in [-0.4, -0.2) is 36.4 Å². The lowest BCUT2D eigenvalue weighted by Crippen LogP contribution is -2.27. The zero-order valence-electron chi connectivity index (χ0n) is 12.1. The molecule has 110 valence electrons. The minimum atomic E-state index is -0.262. The largest absolute Gasteiger partial charge is 0.383 e. The first-order chi connectivity index (χ1) is 10.2. The van der Waals surface area contributed by atoms with E-state index >= 15 is 0 Å². The van der Waals surface area contributed by atoms with E-state index in [1.807, 2.05) is 31.2 Å². The van der Waals surface area contributed by atoms with E-state index in [1.54, 1.807) is 19.2 Å². The normalized spacial score (nSPS) is 10.2. The number of hydrogen-bond acceptors (Lipinski definition) is 5. The van der Waals surface area contributed by atoms with Gasteiger partial charge in [-0.15, -0.1) is 10.2 Å². The molecule has 0 spiro atoms. The first kappa shape index (κ1) is 14.9. The first-order valence-corrected chi connectivity index (χ1v) is 6.63. The molecule has 0 radical (unpaired) electrons. The first-order valence-electron chi connectivity index (χ1n) is 6.63. The summed E-state index contributed by atoms with van der Waals surface area (Å²) >= 11 is 0.